The highest BCUT2D eigenvalue weighted by atomic mass is 79.9. The summed E-state index contributed by atoms with van der Waals surface area (Å²) in [6.07, 6.45) is 2.19. The van der Waals surface area contributed by atoms with Crippen LogP contribution in [-0.4, -0.2) is 23.2 Å². The minimum Gasteiger partial charge on any atom is -0.495 e. The summed E-state index contributed by atoms with van der Waals surface area (Å²) in [5.41, 5.74) is 8.16. The van der Waals surface area contributed by atoms with E-state index in [-0.39, 0.29) is 11.6 Å². The van der Waals surface area contributed by atoms with Gasteiger partial charge in [0.1, 0.15) is 5.75 Å². The highest BCUT2D eigenvalue weighted by Gasteiger charge is 2.30. The largest absolute Gasteiger partial charge is 0.495 e. The van der Waals surface area contributed by atoms with E-state index in [1.165, 1.54) is 0 Å². The van der Waals surface area contributed by atoms with Crippen molar-refractivity contribution in [3.8, 4) is 5.75 Å². The fourth-order valence-electron chi connectivity index (χ4n) is 2.15. The normalized spacial score (nSPS) is 14.0. The Labute approximate surface area is 130 Å². The number of ether oxygens (including phenoxy) is 1. The van der Waals surface area contributed by atoms with Gasteiger partial charge in [0.05, 0.1) is 23.0 Å². The van der Waals surface area contributed by atoms with Gasteiger partial charge < -0.3 is 15.8 Å². The summed E-state index contributed by atoms with van der Waals surface area (Å²) in [7, 11) is 1.57. The van der Waals surface area contributed by atoms with Gasteiger partial charge in [-0.3, -0.25) is 9.89 Å². The molecule has 7 heteroatoms. The molecular weight excluding hydrogens is 336 g/mol. The minimum atomic E-state index is -0.333. The minimum absolute atomic E-state index is 0.235. The number of hydrogen-bond acceptors (Lipinski definition) is 4. The second-order valence-corrected chi connectivity index (χ2v) is 5.83. The lowest BCUT2D eigenvalue weighted by Gasteiger charge is -2.08. The third-order valence-corrected chi connectivity index (χ3v) is 4.10. The van der Waals surface area contributed by atoms with Gasteiger partial charge in [-0.15, -0.1) is 0 Å². The van der Waals surface area contributed by atoms with E-state index < -0.39 is 0 Å². The maximum Gasteiger partial charge on any atom is 0.278 e. The van der Waals surface area contributed by atoms with Crippen molar-refractivity contribution in [1.82, 2.24) is 10.2 Å². The van der Waals surface area contributed by atoms with Crippen molar-refractivity contribution in [2.45, 2.75) is 18.8 Å². The summed E-state index contributed by atoms with van der Waals surface area (Å²) < 4.78 is 6.01. The summed E-state index contributed by atoms with van der Waals surface area (Å²) in [6.45, 7) is 0. The fraction of sp³-hybridized carbons (Fsp3) is 0.286. The number of amides is 1. The van der Waals surface area contributed by atoms with Crippen LogP contribution in [0.2, 0.25) is 0 Å². The maximum absolute atomic E-state index is 12.2. The molecule has 0 radical (unpaired) electrons. The molecule has 3 rings (SSSR count). The van der Waals surface area contributed by atoms with Crippen LogP contribution in [0.3, 0.4) is 0 Å². The Morgan fingerprint density at radius 2 is 2.29 bits per heavy atom. The van der Waals surface area contributed by atoms with Crippen molar-refractivity contribution in [2.75, 3.05) is 18.2 Å². The van der Waals surface area contributed by atoms with E-state index in [4.69, 9.17) is 10.5 Å². The first kappa shape index (κ1) is 13.9. The van der Waals surface area contributed by atoms with Crippen LogP contribution in [0.1, 0.15) is 34.9 Å². The van der Waals surface area contributed by atoms with Crippen molar-refractivity contribution in [1.29, 1.82) is 0 Å². The Bertz CT molecular complexity index is 694. The van der Waals surface area contributed by atoms with Crippen LogP contribution in [-0.2, 0) is 0 Å². The smallest absolute Gasteiger partial charge is 0.278 e. The standard InChI is InChI=1S/C14H15BrN4O2/c1-21-10-6-8(4-5-9(10)15)17-14(20)13-11(16)12(18-19-13)7-2-3-7/h4-7H,2-3,16H2,1H3,(H,17,20)(H,18,19). The van der Waals surface area contributed by atoms with Gasteiger partial charge in [0.15, 0.2) is 5.69 Å². The summed E-state index contributed by atoms with van der Waals surface area (Å²) in [5.74, 6) is 0.730. The molecule has 0 atom stereocenters. The number of anilines is 2. The number of nitrogen functional groups attached to an aromatic ring is 1. The number of hydrogen-bond donors (Lipinski definition) is 3. The van der Waals surface area contributed by atoms with E-state index >= 15 is 0 Å². The third-order valence-electron chi connectivity index (χ3n) is 3.44. The number of H-pyrrole nitrogens is 1. The van der Waals surface area contributed by atoms with E-state index in [0.29, 0.717) is 23.0 Å². The van der Waals surface area contributed by atoms with Crippen LogP contribution >= 0.6 is 15.9 Å². The molecule has 4 N–H and O–H groups in total. The molecule has 110 valence electrons. The number of halogens is 1. The molecule has 2 aromatic rings. The topological polar surface area (TPSA) is 93.0 Å². The van der Waals surface area contributed by atoms with Gasteiger partial charge in [0.25, 0.3) is 5.91 Å². The quantitative estimate of drug-likeness (QED) is 0.790. The molecule has 6 nitrogen and oxygen atoms in total. The summed E-state index contributed by atoms with van der Waals surface area (Å²) in [6, 6.07) is 5.31. The molecular formula is C14H15BrN4O2. The van der Waals surface area contributed by atoms with Gasteiger partial charge >= 0.3 is 0 Å². The number of rotatable bonds is 4. The Hall–Kier alpha value is -2.02. The maximum atomic E-state index is 12.2. The highest BCUT2D eigenvalue weighted by molar-refractivity contribution is 9.10. The number of nitrogens with one attached hydrogen (secondary N) is 2. The number of benzene rings is 1. The Kier molecular flexibility index (Phi) is 3.59. The van der Waals surface area contributed by atoms with Crippen molar-refractivity contribution in [3.63, 3.8) is 0 Å². The van der Waals surface area contributed by atoms with Crippen LogP contribution in [0.15, 0.2) is 22.7 Å². The lowest BCUT2D eigenvalue weighted by molar-refractivity contribution is 0.102. The lowest BCUT2D eigenvalue weighted by atomic mass is 10.2. The van der Waals surface area contributed by atoms with E-state index in [2.05, 4.69) is 31.4 Å². The molecule has 0 unspecified atom stereocenters. The predicted octanol–water partition coefficient (Wildman–Crippen LogP) is 2.89. The number of aromatic nitrogens is 2. The lowest BCUT2D eigenvalue weighted by Crippen LogP contribution is -2.14. The van der Waals surface area contributed by atoms with Crippen molar-refractivity contribution in [2.24, 2.45) is 0 Å². The number of carbonyl (C=O) groups is 1. The fourth-order valence-corrected chi connectivity index (χ4v) is 2.56. The van der Waals surface area contributed by atoms with Gasteiger partial charge in [-0.25, -0.2) is 0 Å². The van der Waals surface area contributed by atoms with Gasteiger partial charge in [0.2, 0.25) is 0 Å². The average molecular weight is 351 g/mol. The van der Waals surface area contributed by atoms with Gasteiger partial charge in [-0.2, -0.15) is 5.10 Å². The van der Waals surface area contributed by atoms with Crippen LogP contribution < -0.4 is 15.8 Å². The average Bonchev–Trinajstić information content (AvgIpc) is 3.23. The summed E-state index contributed by atoms with van der Waals surface area (Å²) >= 11 is 3.36. The zero-order valence-electron chi connectivity index (χ0n) is 11.4. The second-order valence-electron chi connectivity index (χ2n) is 4.98. The number of nitrogens with zero attached hydrogens (tertiary/aromatic N) is 1. The van der Waals surface area contributed by atoms with Gasteiger partial charge in [0, 0.05) is 17.7 Å². The first-order chi connectivity index (χ1) is 10.1. The monoisotopic (exact) mass is 350 g/mol. The van der Waals surface area contributed by atoms with Crippen LogP contribution in [0.5, 0.6) is 5.75 Å². The van der Waals surface area contributed by atoms with E-state index in [1.54, 1.807) is 25.3 Å². The molecule has 0 aliphatic heterocycles. The third kappa shape index (κ3) is 2.73. The molecule has 1 saturated carbocycles. The zero-order valence-corrected chi connectivity index (χ0v) is 13.0. The van der Waals surface area contributed by atoms with Crippen molar-refractivity contribution >= 4 is 33.2 Å². The first-order valence-corrected chi connectivity index (χ1v) is 7.38. The van der Waals surface area contributed by atoms with Crippen molar-refractivity contribution in [3.05, 3.63) is 34.1 Å². The molecule has 1 amide bonds. The van der Waals surface area contributed by atoms with Gasteiger partial charge in [-0.05, 0) is 40.9 Å². The van der Waals surface area contributed by atoms with Crippen molar-refractivity contribution < 1.29 is 9.53 Å². The molecule has 21 heavy (non-hydrogen) atoms. The highest BCUT2D eigenvalue weighted by Crippen LogP contribution is 2.42. The Balaban J connectivity index is 1.80. The predicted molar refractivity (Wildman–Crippen MR) is 83.6 cm³/mol. The molecule has 1 aromatic carbocycles. The molecule has 0 spiro atoms. The number of aromatic amines is 1. The van der Waals surface area contributed by atoms with E-state index in [1.807, 2.05) is 0 Å². The van der Waals surface area contributed by atoms with Crippen LogP contribution in [0, 0.1) is 0 Å². The molecule has 0 bridgehead atoms. The Morgan fingerprint density at radius 1 is 1.52 bits per heavy atom. The van der Waals surface area contributed by atoms with E-state index in [9.17, 15) is 4.79 Å². The number of nitrogens with two attached hydrogens (primary N) is 1. The molecule has 1 aromatic heterocycles. The number of carbonyl (C=O) groups excluding carboxylic acids is 1. The van der Waals surface area contributed by atoms with E-state index in [0.717, 1.165) is 23.0 Å². The Morgan fingerprint density at radius 3 is 2.95 bits per heavy atom. The number of methoxy groups -OCH3 is 1. The van der Waals surface area contributed by atoms with Crippen LogP contribution in [0.25, 0.3) is 0 Å². The SMILES string of the molecule is COc1cc(NC(=O)c2n[nH]c(C3CC3)c2N)ccc1Br. The summed E-state index contributed by atoms with van der Waals surface area (Å²) in [4.78, 5) is 12.2. The molecule has 1 fully saturated rings. The molecule has 1 aliphatic carbocycles. The van der Waals surface area contributed by atoms with Crippen LogP contribution in [0.4, 0.5) is 11.4 Å². The second kappa shape index (κ2) is 5.40. The first-order valence-electron chi connectivity index (χ1n) is 6.58. The zero-order chi connectivity index (χ0) is 15.0. The summed E-state index contributed by atoms with van der Waals surface area (Å²) in [5, 5.41) is 9.67. The van der Waals surface area contributed by atoms with Gasteiger partial charge in [-0.1, -0.05) is 0 Å². The molecule has 1 heterocycles. The molecule has 0 saturated heterocycles. The molecule has 1 aliphatic rings.